The van der Waals surface area contributed by atoms with Crippen molar-refractivity contribution in [3.63, 3.8) is 0 Å². The summed E-state index contributed by atoms with van der Waals surface area (Å²) in [4.78, 5) is 0. The standard InChI is InChI=1S/C19H25NO/c1-16(2)20-15-18-10-12-19(13-11-18)21-14-6-9-17-7-4-3-5-8-17/h3-5,7-8,10-13,16,20H,6,9,14-15H2,1-2H3. The summed E-state index contributed by atoms with van der Waals surface area (Å²) in [6.07, 6.45) is 2.11. The minimum absolute atomic E-state index is 0.513. The van der Waals surface area contributed by atoms with E-state index in [4.69, 9.17) is 4.74 Å². The van der Waals surface area contributed by atoms with Crippen molar-refractivity contribution in [3.05, 3.63) is 65.7 Å². The lowest BCUT2D eigenvalue weighted by molar-refractivity contribution is 0.311. The first kappa shape index (κ1) is 15.6. The molecule has 0 amide bonds. The van der Waals surface area contributed by atoms with Crippen LogP contribution in [0.5, 0.6) is 5.75 Å². The first-order valence-corrected chi connectivity index (χ1v) is 7.73. The van der Waals surface area contributed by atoms with Crippen molar-refractivity contribution in [2.24, 2.45) is 0 Å². The molecule has 2 aromatic carbocycles. The number of nitrogens with one attached hydrogen (secondary N) is 1. The van der Waals surface area contributed by atoms with Crippen molar-refractivity contribution in [2.75, 3.05) is 6.61 Å². The van der Waals surface area contributed by atoms with Crippen molar-refractivity contribution in [3.8, 4) is 5.75 Å². The zero-order valence-electron chi connectivity index (χ0n) is 13.0. The predicted octanol–water partition coefficient (Wildman–Crippen LogP) is 4.20. The molecule has 0 bridgehead atoms. The van der Waals surface area contributed by atoms with E-state index in [0.717, 1.165) is 31.7 Å². The first-order valence-electron chi connectivity index (χ1n) is 7.73. The summed E-state index contributed by atoms with van der Waals surface area (Å²) >= 11 is 0. The third-order valence-electron chi connectivity index (χ3n) is 3.36. The summed E-state index contributed by atoms with van der Waals surface area (Å²) in [5.41, 5.74) is 2.66. The minimum atomic E-state index is 0.513. The number of rotatable bonds is 8. The first-order chi connectivity index (χ1) is 10.2. The molecule has 0 saturated heterocycles. The highest BCUT2D eigenvalue weighted by Gasteiger charge is 1.98. The van der Waals surface area contributed by atoms with Crippen LogP contribution in [0.4, 0.5) is 0 Å². The monoisotopic (exact) mass is 283 g/mol. The van der Waals surface area contributed by atoms with Gasteiger partial charge in [-0.1, -0.05) is 56.3 Å². The summed E-state index contributed by atoms with van der Waals surface area (Å²) in [7, 11) is 0. The minimum Gasteiger partial charge on any atom is -0.494 e. The molecule has 2 nitrogen and oxygen atoms in total. The Kier molecular flexibility index (Phi) is 6.29. The van der Waals surface area contributed by atoms with Gasteiger partial charge in [-0.2, -0.15) is 0 Å². The maximum absolute atomic E-state index is 5.79. The fourth-order valence-electron chi connectivity index (χ4n) is 2.14. The SMILES string of the molecule is CC(C)NCc1ccc(OCCCc2ccccc2)cc1. The van der Waals surface area contributed by atoms with Crippen LogP contribution in [0.25, 0.3) is 0 Å². The van der Waals surface area contributed by atoms with E-state index in [1.165, 1.54) is 11.1 Å². The third kappa shape index (κ3) is 6.01. The van der Waals surface area contributed by atoms with E-state index in [1.807, 2.05) is 0 Å². The van der Waals surface area contributed by atoms with Gasteiger partial charge >= 0.3 is 0 Å². The highest BCUT2D eigenvalue weighted by atomic mass is 16.5. The molecule has 0 heterocycles. The molecule has 112 valence electrons. The molecule has 0 unspecified atom stereocenters. The second-order valence-corrected chi connectivity index (χ2v) is 5.62. The molecule has 21 heavy (non-hydrogen) atoms. The predicted molar refractivity (Wildman–Crippen MR) is 88.7 cm³/mol. The zero-order chi connectivity index (χ0) is 14.9. The van der Waals surface area contributed by atoms with Gasteiger partial charge in [-0.3, -0.25) is 0 Å². The van der Waals surface area contributed by atoms with Crippen LogP contribution in [0, 0.1) is 0 Å². The number of benzene rings is 2. The number of hydrogen-bond donors (Lipinski definition) is 1. The molecule has 0 fully saturated rings. The lowest BCUT2D eigenvalue weighted by Crippen LogP contribution is -2.21. The molecular weight excluding hydrogens is 258 g/mol. The van der Waals surface area contributed by atoms with Gasteiger partial charge in [0, 0.05) is 12.6 Å². The molecule has 2 rings (SSSR count). The smallest absolute Gasteiger partial charge is 0.119 e. The van der Waals surface area contributed by atoms with Gasteiger partial charge in [-0.05, 0) is 36.1 Å². The highest BCUT2D eigenvalue weighted by Crippen LogP contribution is 2.13. The van der Waals surface area contributed by atoms with Crippen LogP contribution in [0.3, 0.4) is 0 Å². The van der Waals surface area contributed by atoms with Crippen molar-refractivity contribution >= 4 is 0 Å². The molecule has 0 aromatic heterocycles. The van der Waals surface area contributed by atoms with Crippen LogP contribution < -0.4 is 10.1 Å². The Morgan fingerprint density at radius 2 is 1.62 bits per heavy atom. The zero-order valence-corrected chi connectivity index (χ0v) is 13.0. The van der Waals surface area contributed by atoms with Crippen LogP contribution in [-0.2, 0) is 13.0 Å². The molecule has 0 spiro atoms. The average Bonchev–Trinajstić information content (AvgIpc) is 2.52. The largest absolute Gasteiger partial charge is 0.494 e. The molecule has 0 atom stereocenters. The molecule has 1 N–H and O–H groups in total. The highest BCUT2D eigenvalue weighted by molar-refractivity contribution is 5.27. The van der Waals surface area contributed by atoms with E-state index in [1.54, 1.807) is 0 Å². The van der Waals surface area contributed by atoms with Crippen molar-refractivity contribution in [2.45, 2.75) is 39.3 Å². The summed E-state index contributed by atoms with van der Waals surface area (Å²) < 4.78 is 5.79. The van der Waals surface area contributed by atoms with Gasteiger partial charge in [0.2, 0.25) is 0 Å². The topological polar surface area (TPSA) is 21.3 Å². The van der Waals surface area contributed by atoms with E-state index in [2.05, 4.69) is 73.8 Å². The van der Waals surface area contributed by atoms with Crippen molar-refractivity contribution in [1.29, 1.82) is 0 Å². The quantitative estimate of drug-likeness (QED) is 0.733. The fraction of sp³-hybridized carbons (Fsp3) is 0.368. The molecular formula is C19H25NO. The second kappa shape index (κ2) is 8.48. The maximum atomic E-state index is 5.79. The molecule has 0 saturated carbocycles. The van der Waals surface area contributed by atoms with Crippen LogP contribution in [0.1, 0.15) is 31.4 Å². The average molecular weight is 283 g/mol. The van der Waals surface area contributed by atoms with Crippen LogP contribution in [0.15, 0.2) is 54.6 Å². The van der Waals surface area contributed by atoms with E-state index in [-0.39, 0.29) is 0 Å². The van der Waals surface area contributed by atoms with Gasteiger partial charge in [-0.25, -0.2) is 0 Å². The van der Waals surface area contributed by atoms with Crippen LogP contribution >= 0.6 is 0 Å². The van der Waals surface area contributed by atoms with Gasteiger partial charge in [0.05, 0.1) is 6.61 Å². The van der Waals surface area contributed by atoms with E-state index in [0.29, 0.717) is 6.04 Å². The van der Waals surface area contributed by atoms with Crippen LogP contribution in [-0.4, -0.2) is 12.6 Å². The Bertz CT molecular complexity index is 505. The van der Waals surface area contributed by atoms with Gasteiger partial charge in [0.1, 0.15) is 5.75 Å². The third-order valence-corrected chi connectivity index (χ3v) is 3.36. The summed E-state index contributed by atoms with van der Waals surface area (Å²) in [5, 5.41) is 3.41. The van der Waals surface area contributed by atoms with Gasteiger partial charge in [0.25, 0.3) is 0 Å². The number of aryl methyl sites for hydroxylation is 1. The fourth-order valence-corrected chi connectivity index (χ4v) is 2.14. The molecule has 0 aliphatic carbocycles. The van der Waals surface area contributed by atoms with E-state index in [9.17, 15) is 0 Å². The lowest BCUT2D eigenvalue weighted by Gasteiger charge is -2.10. The Balaban J connectivity index is 1.69. The van der Waals surface area contributed by atoms with Gasteiger partial charge < -0.3 is 10.1 Å². The second-order valence-electron chi connectivity index (χ2n) is 5.62. The molecule has 0 radical (unpaired) electrons. The van der Waals surface area contributed by atoms with Crippen molar-refractivity contribution in [1.82, 2.24) is 5.32 Å². The van der Waals surface area contributed by atoms with Crippen LogP contribution in [0.2, 0.25) is 0 Å². The van der Waals surface area contributed by atoms with Gasteiger partial charge in [0.15, 0.2) is 0 Å². The number of ether oxygens (including phenoxy) is 1. The number of hydrogen-bond acceptors (Lipinski definition) is 2. The molecule has 2 aromatic rings. The van der Waals surface area contributed by atoms with E-state index < -0.39 is 0 Å². The van der Waals surface area contributed by atoms with Gasteiger partial charge in [-0.15, -0.1) is 0 Å². The normalized spacial score (nSPS) is 10.8. The lowest BCUT2D eigenvalue weighted by atomic mass is 10.1. The maximum Gasteiger partial charge on any atom is 0.119 e. The Morgan fingerprint density at radius 3 is 2.29 bits per heavy atom. The summed E-state index contributed by atoms with van der Waals surface area (Å²) in [6, 6.07) is 19.4. The Labute approximate surface area is 128 Å². The molecule has 0 aliphatic heterocycles. The van der Waals surface area contributed by atoms with Crippen molar-refractivity contribution < 1.29 is 4.74 Å². The summed E-state index contributed by atoms with van der Waals surface area (Å²) in [6.45, 7) is 5.98. The Morgan fingerprint density at radius 1 is 0.905 bits per heavy atom. The molecule has 2 heteroatoms. The van der Waals surface area contributed by atoms with E-state index >= 15 is 0 Å². The summed E-state index contributed by atoms with van der Waals surface area (Å²) in [5.74, 6) is 0.955. The Hall–Kier alpha value is -1.80. The molecule has 0 aliphatic rings.